The molecule has 2 heterocycles. The molecule has 2 saturated heterocycles. The third kappa shape index (κ3) is 1.05. The van der Waals surface area contributed by atoms with Crippen LogP contribution in [0.5, 0.6) is 0 Å². The Morgan fingerprint density at radius 2 is 2.00 bits per heavy atom. The highest BCUT2D eigenvalue weighted by atomic mass is 16.7. The third-order valence-electron chi connectivity index (χ3n) is 2.18. The van der Waals surface area contributed by atoms with E-state index in [9.17, 15) is 9.70 Å². The van der Waals surface area contributed by atoms with Gasteiger partial charge in [-0.25, -0.2) is 4.79 Å². The number of esters is 1. The van der Waals surface area contributed by atoms with Crippen LogP contribution in [0.2, 0.25) is 0 Å². The monoisotopic (exact) mass is 189 g/mol. The number of aliphatic hydroxyl groups excluding tert-OH is 2. The lowest BCUT2D eigenvalue weighted by molar-refractivity contribution is -0.155. The van der Waals surface area contributed by atoms with Gasteiger partial charge in [0.05, 0.1) is 0 Å². The number of carbonyl (C=O) groups excluding carboxylic acids is 1. The van der Waals surface area contributed by atoms with Crippen molar-refractivity contribution in [2.24, 2.45) is 5.18 Å². The first-order valence-electron chi connectivity index (χ1n) is 3.69. The minimum atomic E-state index is -1.44. The van der Waals surface area contributed by atoms with Crippen LogP contribution < -0.4 is 0 Å². The number of hydrogen-bond donors (Lipinski definition) is 2. The fourth-order valence-electron chi connectivity index (χ4n) is 1.52. The first-order valence-corrected chi connectivity index (χ1v) is 3.69. The molecular formula is C6H7NO6. The summed E-state index contributed by atoms with van der Waals surface area (Å²) in [6.07, 6.45) is -4.79. The first kappa shape index (κ1) is 8.54. The molecule has 0 amide bonds. The first-order chi connectivity index (χ1) is 6.15. The van der Waals surface area contributed by atoms with Crippen molar-refractivity contribution in [2.45, 2.75) is 30.6 Å². The van der Waals surface area contributed by atoms with Gasteiger partial charge in [0.1, 0.15) is 6.10 Å². The van der Waals surface area contributed by atoms with E-state index in [-0.39, 0.29) is 0 Å². The van der Waals surface area contributed by atoms with Crippen molar-refractivity contribution in [3.05, 3.63) is 4.91 Å². The zero-order chi connectivity index (χ0) is 9.59. The molecule has 0 bridgehead atoms. The van der Waals surface area contributed by atoms with Gasteiger partial charge in [-0.2, -0.15) is 4.91 Å². The summed E-state index contributed by atoms with van der Waals surface area (Å²) in [6.45, 7) is 0. The Bertz CT molecular complexity index is 256. The summed E-state index contributed by atoms with van der Waals surface area (Å²) in [5.74, 6) is -0.851. The van der Waals surface area contributed by atoms with Gasteiger partial charge >= 0.3 is 5.97 Å². The molecule has 5 atom stereocenters. The standard InChI is InChI=1S/C6H7NO6/c8-2-4-3(12-6(2)10)1(7-11)5(9)13-4/h1-5,8-9H/t1?,2?,3?,4-,5?/m1/s1. The molecule has 2 fully saturated rings. The molecule has 7 heteroatoms. The molecular weight excluding hydrogens is 182 g/mol. The van der Waals surface area contributed by atoms with Crippen molar-refractivity contribution < 1.29 is 24.5 Å². The van der Waals surface area contributed by atoms with Gasteiger partial charge in [-0.3, -0.25) is 0 Å². The summed E-state index contributed by atoms with van der Waals surface area (Å²) in [6, 6.07) is -1.15. The Hall–Kier alpha value is -1.05. The minimum Gasteiger partial charge on any atom is -0.455 e. The van der Waals surface area contributed by atoms with Crippen LogP contribution in [-0.4, -0.2) is 46.8 Å². The molecule has 13 heavy (non-hydrogen) atoms. The van der Waals surface area contributed by atoms with Crippen molar-refractivity contribution in [2.75, 3.05) is 0 Å². The Kier molecular flexibility index (Phi) is 1.79. The number of carbonyl (C=O) groups is 1. The zero-order valence-electron chi connectivity index (χ0n) is 6.36. The molecule has 2 N–H and O–H groups in total. The maximum atomic E-state index is 10.8. The van der Waals surface area contributed by atoms with Gasteiger partial charge in [-0.1, -0.05) is 5.18 Å². The fourth-order valence-corrected chi connectivity index (χ4v) is 1.52. The Labute approximate surface area is 72.2 Å². The summed E-state index contributed by atoms with van der Waals surface area (Å²) >= 11 is 0. The van der Waals surface area contributed by atoms with E-state index >= 15 is 0 Å². The second kappa shape index (κ2) is 2.72. The summed E-state index contributed by atoms with van der Waals surface area (Å²) in [7, 11) is 0. The van der Waals surface area contributed by atoms with E-state index < -0.39 is 36.6 Å². The highest BCUT2D eigenvalue weighted by molar-refractivity contribution is 5.78. The summed E-state index contributed by atoms with van der Waals surface area (Å²) in [5, 5.41) is 20.8. The normalized spacial score (nSPS) is 48.8. The molecule has 0 saturated carbocycles. The van der Waals surface area contributed by atoms with E-state index in [0.29, 0.717) is 0 Å². The number of hydrogen-bond acceptors (Lipinski definition) is 7. The lowest BCUT2D eigenvalue weighted by Gasteiger charge is -2.09. The molecule has 0 spiro atoms. The van der Waals surface area contributed by atoms with Gasteiger partial charge in [0.2, 0.25) is 0 Å². The topological polar surface area (TPSA) is 105 Å². The summed E-state index contributed by atoms with van der Waals surface area (Å²) < 4.78 is 9.34. The molecule has 0 aromatic carbocycles. The Balaban J connectivity index is 2.22. The Morgan fingerprint density at radius 1 is 1.31 bits per heavy atom. The molecule has 7 nitrogen and oxygen atoms in total. The van der Waals surface area contributed by atoms with E-state index in [1.54, 1.807) is 0 Å². The fraction of sp³-hybridized carbons (Fsp3) is 0.833. The predicted molar refractivity (Wildman–Crippen MR) is 36.3 cm³/mol. The van der Waals surface area contributed by atoms with E-state index in [4.69, 9.17) is 14.9 Å². The number of fused-ring (bicyclic) bond motifs is 1. The van der Waals surface area contributed by atoms with Crippen molar-refractivity contribution in [1.29, 1.82) is 0 Å². The van der Waals surface area contributed by atoms with Gasteiger partial charge in [0.15, 0.2) is 24.5 Å². The van der Waals surface area contributed by atoms with E-state index in [1.165, 1.54) is 0 Å². The van der Waals surface area contributed by atoms with Crippen LogP contribution in [0.3, 0.4) is 0 Å². The largest absolute Gasteiger partial charge is 0.455 e. The van der Waals surface area contributed by atoms with Crippen LogP contribution in [0.4, 0.5) is 0 Å². The van der Waals surface area contributed by atoms with E-state index in [1.807, 2.05) is 0 Å². The van der Waals surface area contributed by atoms with Gasteiger partial charge in [-0.15, -0.1) is 0 Å². The van der Waals surface area contributed by atoms with Crippen molar-refractivity contribution in [1.82, 2.24) is 0 Å². The summed E-state index contributed by atoms with van der Waals surface area (Å²) in [4.78, 5) is 21.0. The lowest BCUT2D eigenvalue weighted by Crippen LogP contribution is -2.31. The molecule has 2 rings (SSSR count). The molecule has 2 aliphatic heterocycles. The van der Waals surface area contributed by atoms with Crippen LogP contribution in [0.15, 0.2) is 5.18 Å². The van der Waals surface area contributed by atoms with Crippen LogP contribution in [-0.2, 0) is 14.3 Å². The van der Waals surface area contributed by atoms with Gasteiger partial charge in [0.25, 0.3) is 0 Å². The van der Waals surface area contributed by atoms with E-state index in [0.717, 1.165) is 0 Å². The smallest absolute Gasteiger partial charge is 0.338 e. The van der Waals surface area contributed by atoms with Crippen LogP contribution in [0.1, 0.15) is 0 Å². The quantitative estimate of drug-likeness (QED) is 0.369. The van der Waals surface area contributed by atoms with Gasteiger partial charge in [0, 0.05) is 0 Å². The average molecular weight is 189 g/mol. The summed E-state index contributed by atoms with van der Waals surface area (Å²) in [5.41, 5.74) is 0. The maximum Gasteiger partial charge on any atom is 0.338 e. The van der Waals surface area contributed by atoms with E-state index in [2.05, 4.69) is 9.91 Å². The number of nitroso groups, excluding NO2 is 1. The lowest BCUT2D eigenvalue weighted by atomic mass is 10.1. The number of ether oxygens (including phenoxy) is 2. The van der Waals surface area contributed by atoms with Crippen molar-refractivity contribution in [3.8, 4) is 0 Å². The molecule has 0 aliphatic carbocycles. The zero-order valence-corrected chi connectivity index (χ0v) is 6.36. The van der Waals surface area contributed by atoms with Crippen molar-refractivity contribution >= 4 is 5.97 Å². The molecule has 0 aromatic heterocycles. The van der Waals surface area contributed by atoms with Crippen molar-refractivity contribution in [3.63, 3.8) is 0 Å². The number of aliphatic hydroxyl groups is 2. The number of nitrogens with zero attached hydrogens (tertiary/aromatic N) is 1. The Morgan fingerprint density at radius 3 is 2.62 bits per heavy atom. The third-order valence-corrected chi connectivity index (χ3v) is 2.18. The van der Waals surface area contributed by atoms with Gasteiger partial charge in [-0.05, 0) is 0 Å². The second-order valence-electron chi connectivity index (χ2n) is 2.93. The minimum absolute atomic E-state index is 0.851. The predicted octanol–water partition coefficient (Wildman–Crippen LogP) is -1.88. The highest BCUT2D eigenvalue weighted by Gasteiger charge is 2.57. The molecule has 4 unspecified atom stereocenters. The van der Waals surface area contributed by atoms with Gasteiger partial charge < -0.3 is 19.7 Å². The second-order valence-corrected chi connectivity index (χ2v) is 2.93. The molecule has 0 radical (unpaired) electrons. The average Bonchev–Trinajstić information content (AvgIpc) is 2.52. The number of rotatable bonds is 1. The molecule has 2 aliphatic rings. The van der Waals surface area contributed by atoms with Crippen LogP contribution in [0.25, 0.3) is 0 Å². The SMILES string of the molecule is O=NC1C(O)O[C@@H]2C(O)C(=O)OC12. The molecule has 0 aromatic rings. The highest BCUT2D eigenvalue weighted by Crippen LogP contribution is 2.32. The van der Waals surface area contributed by atoms with Crippen LogP contribution >= 0.6 is 0 Å². The van der Waals surface area contributed by atoms with Crippen LogP contribution in [0, 0.1) is 4.91 Å². The maximum absolute atomic E-state index is 10.8. The molecule has 72 valence electrons.